The molecule has 0 bridgehead atoms. The normalized spacial score (nSPS) is 12.3. The highest BCUT2D eigenvalue weighted by molar-refractivity contribution is 5.71. The van der Waals surface area contributed by atoms with E-state index in [1.165, 1.54) is 5.56 Å². The molecule has 0 atom stereocenters. The first-order valence-corrected chi connectivity index (χ1v) is 11.1. The van der Waals surface area contributed by atoms with E-state index in [1.807, 2.05) is 12.1 Å². The van der Waals surface area contributed by atoms with Crippen LogP contribution in [0.2, 0.25) is 0 Å². The number of fused-ring (bicyclic) bond motifs is 3. The highest BCUT2D eigenvalue weighted by Crippen LogP contribution is 2.32. The number of anilines is 2. The Bertz CT molecular complexity index is 1300. The van der Waals surface area contributed by atoms with Crippen LogP contribution >= 0.6 is 0 Å². The predicted octanol–water partition coefficient (Wildman–Crippen LogP) is 4.37. The first kappa shape index (κ1) is 21.6. The van der Waals surface area contributed by atoms with Crippen molar-refractivity contribution in [3.05, 3.63) is 65.7 Å². The summed E-state index contributed by atoms with van der Waals surface area (Å²) in [4.78, 5) is 11.4. The van der Waals surface area contributed by atoms with Crippen LogP contribution in [0.1, 0.15) is 24.5 Å². The van der Waals surface area contributed by atoms with Gasteiger partial charge < -0.3 is 19.2 Å². The molecule has 0 amide bonds. The van der Waals surface area contributed by atoms with Crippen molar-refractivity contribution in [1.29, 1.82) is 0 Å². The van der Waals surface area contributed by atoms with Crippen LogP contribution in [0, 0.1) is 0 Å². The number of esters is 1. The molecule has 1 aliphatic carbocycles. The molecule has 2 aromatic heterocycles. The number of rotatable bonds is 7. The van der Waals surface area contributed by atoms with Crippen LogP contribution in [0.3, 0.4) is 0 Å². The molecule has 1 aliphatic rings. The number of nitrogens with one attached hydrogen (secondary N) is 1. The summed E-state index contributed by atoms with van der Waals surface area (Å²) in [5, 5.41) is 20.1. The second-order valence-corrected chi connectivity index (χ2v) is 7.77. The number of hydrogen-bond acceptors (Lipinski definition) is 9. The van der Waals surface area contributed by atoms with Gasteiger partial charge in [0.15, 0.2) is 12.3 Å². The number of carbonyl (C=O) groups is 1. The molecule has 2 heterocycles. The van der Waals surface area contributed by atoms with E-state index in [9.17, 15) is 4.79 Å². The molecule has 1 N–H and O–H groups in total. The maximum absolute atomic E-state index is 11.4. The molecule has 0 aliphatic heterocycles. The van der Waals surface area contributed by atoms with E-state index in [1.54, 1.807) is 31.2 Å². The number of aryl methyl sites for hydroxylation is 2. The van der Waals surface area contributed by atoms with Gasteiger partial charge in [0.25, 0.3) is 5.89 Å². The molecule has 4 aromatic rings. The van der Waals surface area contributed by atoms with E-state index in [2.05, 4.69) is 43.9 Å². The maximum atomic E-state index is 11.4. The lowest BCUT2D eigenvalue weighted by molar-refractivity contribution is -0.145. The zero-order valence-corrected chi connectivity index (χ0v) is 18.7. The van der Waals surface area contributed by atoms with Gasteiger partial charge in [-0.1, -0.05) is 29.4 Å². The molecule has 0 radical (unpaired) electrons. The quantitative estimate of drug-likeness (QED) is 0.404. The molecular weight excluding hydrogens is 434 g/mol. The van der Waals surface area contributed by atoms with Crippen LogP contribution in [-0.4, -0.2) is 39.6 Å². The SMILES string of the molecule is CCOC(=O)COc1ccc(Nc2nnc(-c3cc4c(nn3)-c3ccccc3CCC4)o2)cc1. The Morgan fingerprint density at radius 1 is 1.00 bits per heavy atom. The van der Waals surface area contributed by atoms with Crippen molar-refractivity contribution in [3.63, 3.8) is 0 Å². The standard InChI is InChI=1S/C25H23N5O4/c1-2-32-22(31)15-33-19-12-10-18(11-13-19)26-25-30-29-24(34-25)21-14-17-8-5-7-16-6-3-4-9-20(16)23(17)28-27-21/h3-4,6,9-14H,2,5,7-8,15H2,1H3,(H,26,30). The third-order valence-corrected chi connectivity index (χ3v) is 5.45. The van der Waals surface area contributed by atoms with Crippen LogP contribution in [0.4, 0.5) is 11.7 Å². The lowest BCUT2D eigenvalue weighted by Crippen LogP contribution is -2.14. The monoisotopic (exact) mass is 457 g/mol. The average Bonchev–Trinajstić information content (AvgIpc) is 3.24. The van der Waals surface area contributed by atoms with Crippen LogP contribution in [-0.2, 0) is 22.4 Å². The summed E-state index contributed by atoms with van der Waals surface area (Å²) < 4.78 is 16.0. The molecule has 9 nitrogen and oxygen atoms in total. The van der Waals surface area contributed by atoms with Gasteiger partial charge in [-0.15, -0.1) is 15.3 Å². The maximum Gasteiger partial charge on any atom is 0.344 e. The van der Waals surface area contributed by atoms with Crippen molar-refractivity contribution in [1.82, 2.24) is 20.4 Å². The fraction of sp³-hybridized carbons (Fsp3) is 0.240. The second kappa shape index (κ2) is 9.70. The Balaban J connectivity index is 1.28. The Kier molecular flexibility index (Phi) is 6.15. The van der Waals surface area contributed by atoms with Gasteiger partial charge in [0.05, 0.1) is 12.3 Å². The first-order chi connectivity index (χ1) is 16.7. The van der Waals surface area contributed by atoms with E-state index < -0.39 is 5.97 Å². The predicted molar refractivity (Wildman–Crippen MR) is 125 cm³/mol. The number of hydrogen-bond donors (Lipinski definition) is 1. The van der Waals surface area contributed by atoms with Gasteiger partial charge in [-0.25, -0.2) is 4.79 Å². The minimum atomic E-state index is -0.409. The molecule has 172 valence electrons. The fourth-order valence-electron chi connectivity index (χ4n) is 3.87. The summed E-state index contributed by atoms with van der Waals surface area (Å²) in [6.45, 7) is 1.93. The van der Waals surface area contributed by atoms with Gasteiger partial charge >= 0.3 is 12.0 Å². The lowest BCUT2D eigenvalue weighted by atomic mass is 10.0. The van der Waals surface area contributed by atoms with Gasteiger partial charge in [-0.3, -0.25) is 0 Å². The molecule has 0 spiro atoms. The van der Waals surface area contributed by atoms with Crippen molar-refractivity contribution in [2.45, 2.75) is 26.2 Å². The molecule has 34 heavy (non-hydrogen) atoms. The first-order valence-electron chi connectivity index (χ1n) is 11.1. The Hall–Kier alpha value is -4.27. The topological polar surface area (TPSA) is 112 Å². The fourth-order valence-corrected chi connectivity index (χ4v) is 3.87. The molecule has 0 unspecified atom stereocenters. The second-order valence-electron chi connectivity index (χ2n) is 7.77. The molecule has 0 saturated heterocycles. The van der Waals surface area contributed by atoms with Gasteiger partial charge in [-0.2, -0.15) is 0 Å². The lowest BCUT2D eigenvalue weighted by Gasteiger charge is -2.07. The summed E-state index contributed by atoms with van der Waals surface area (Å²) in [5.74, 6) is 0.435. The molecule has 0 fully saturated rings. The average molecular weight is 457 g/mol. The summed E-state index contributed by atoms with van der Waals surface area (Å²) in [6.07, 6.45) is 2.98. The van der Waals surface area contributed by atoms with Crippen molar-refractivity contribution in [2.75, 3.05) is 18.5 Å². The third-order valence-electron chi connectivity index (χ3n) is 5.45. The van der Waals surface area contributed by atoms with E-state index in [0.717, 1.165) is 41.8 Å². The number of carbonyl (C=O) groups excluding carboxylic acids is 1. The zero-order chi connectivity index (χ0) is 23.3. The summed E-state index contributed by atoms with van der Waals surface area (Å²) in [5.41, 5.74) is 5.74. The molecule has 5 rings (SSSR count). The van der Waals surface area contributed by atoms with Crippen LogP contribution in [0.25, 0.3) is 22.8 Å². The van der Waals surface area contributed by atoms with Crippen molar-refractivity contribution in [2.24, 2.45) is 0 Å². The van der Waals surface area contributed by atoms with E-state index in [-0.39, 0.29) is 12.6 Å². The Labute approximate surface area is 196 Å². The largest absolute Gasteiger partial charge is 0.482 e. The van der Waals surface area contributed by atoms with Crippen LogP contribution in [0.15, 0.2) is 59.0 Å². The molecule has 9 heteroatoms. The Morgan fingerprint density at radius 2 is 1.82 bits per heavy atom. The zero-order valence-electron chi connectivity index (χ0n) is 18.7. The van der Waals surface area contributed by atoms with Crippen molar-refractivity contribution in [3.8, 4) is 28.6 Å². The van der Waals surface area contributed by atoms with Gasteiger partial charge in [-0.05, 0) is 67.6 Å². The van der Waals surface area contributed by atoms with Crippen LogP contribution in [0.5, 0.6) is 5.75 Å². The van der Waals surface area contributed by atoms with Gasteiger partial charge in [0.2, 0.25) is 0 Å². The molecule has 0 saturated carbocycles. The van der Waals surface area contributed by atoms with Crippen LogP contribution < -0.4 is 10.1 Å². The third kappa shape index (κ3) is 4.73. The Morgan fingerprint density at radius 3 is 2.68 bits per heavy atom. The number of benzene rings is 2. The number of ether oxygens (including phenoxy) is 2. The molecule has 2 aromatic carbocycles. The smallest absolute Gasteiger partial charge is 0.344 e. The minimum absolute atomic E-state index is 0.138. The van der Waals surface area contributed by atoms with E-state index in [4.69, 9.17) is 13.9 Å². The van der Waals surface area contributed by atoms with Gasteiger partial charge in [0, 0.05) is 11.3 Å². The highest BCUT2D eigenvalue weighted by Gasteiger charge is 2.19. The van der Waals surface area contributed by atoms with Gasteiger partial charge in [0.1, 0.15) is 5.75 Å². The summed E-state index contributed by atoms with van der Waals surface area (Å²) >= 11 is 0. The van der Waals surface area contributed by atoms with E-state index in [0.29, 0.717) is 23.9 Å². The summed E-state index contributed by atoms with van der Waals surface area (Å²) in [6, 6.07) is 17.6. The number of nitrogens with zero attached hydrogens (tertiary/aromatic N) is 4. The summed E-state index contributed by atoms with van der Waals surface area (Å²) in [7, 11) is 0. The highest BCUT2D eigenvalue weighted by atomic mass is 16.6. The van der Waals surface area contributed by atoms with E-state index >= 15 is 0 Å². The molecular formula is C25H23N5O4. The number of aromatic nitrogens is 4. The van der Waals surface area contributed by atoms with Crippen molar-refractivity contribution >= 4 is 17.7 Å². The van der Waals surface area contributed by atoms with Crippen molar-refractivity contribution < 1.29 is 18.7 Å². The minimum Gasteiger partial charge on any atom is -0.482 e.